The highest BCUT2D eigenvalue weighted by atomic mass is 35.5. The van der Waals surface area contributed by atoms with Gasteiger partial charge in [0.15, 0.2) is 0 Å². The van der Waals surface area contributed by atoms with Crippen molar-refractivity contribution in [2.75, 3.05) is 38.2 Å². The molecule has 7 heteroatoms. The number of carbonyl (C=O) groups is 1. The van der Waals surface area contributed by atoms with Crippen molar-refractivity contribution in [2.45, 2.75) is 32.1 Å². The Hall–Kier alpha value is -2.02. The molecule has 160 valence electrons. The van der Waals surface area contributed by atoms with E-state index < -0.39 is 0 Å². The van der Waals surface area contributed by atoms with Gasteiger partial charge in [-0.2, -0.15) is 0 Å². The third-order valence-electron chi connectivity index (χ3n) is 5.96. The van der Waals surface area contributed by atoms with Gasteiger partial charge < -0.3 is 15.4 Å². The number of nitrogens with one attached hydrogen (secondary N) is 2. The summed E-state index contributed by atoms with van der Waals surface area (Å²) in [6, 6.07) is 7.79. The molecule has 0 saturated carbocycles. The summed E-state index contributed by atoms with van der Waals surface area (Å²) in [6.07, 6.45) is 6.12. The van der Waals surface area contributed by atoms with Crippen LogP contribution in [0.25, 0.3) is 11.3 Å². The highest BCUT2D eigenvalue weighted by Crippen LogP contribution is 2.28. The molecule has 0 aromatic carbocycles. The summed E-state index contributed by atoms with van der Waals surface area (Å²) in [5, 5.41) is 7.29. The molecule has 0 unspecified atom stereocenters. The number of Topliss-reactive ketones (excluding diaryl/α,β-unsaturated/α-hetero) is 1. The number of halogens is 1. The van der Waals surface area contributed by atoms with E-state index in [-0.39, 0.29) is 11.7 Å². The lowest BCUT2D eigenvalue weighted by molar-refractivity contribution is -0.122. The van der Waals surface area contributed by atoms with Gasteiger partial charge in [0.25, 0.3) is 0 Å². The van der Waals surface area contributed by atoms with Crippen LogP contribution in [-0.2, 0) is 16.0 Å². The first-order valence-corrected chi connectivity index (χ1v) is 11.2. The van der Waals surface area contributed by atoms with E-state index >= 15 is 0 Å². The zero-order chi connectivity index (χ0) is 20.8. The molecular weight excluding hydrogens is 400 g/mol. The van der Waals surface area contributed by atoms with Crippen molar-refractivity contribution in [1.29, 1.82) is 0 Å². The molecule has 2 saturated heterocycles. The van der Waals surface area contributed by atoms with Crippen molar-refractivity contribution in [2.24, 2.45) is 11.8 Å². The second-order valence-electron chi connectivity index (χ2n) is 8.19. The van der Waals surface area contributed by atoms with Crippen molar-refractivity contribution in [3.8, 4) is 11.3 Å². The number of hydrogen-bond donors (Lipinski definition) is 2. The number of pyridine rings is 2. The number of piperidine rings is 1. The Bertz CT molecular complexity index is 864. The van der Waals surface area contributed by atoms with Crippen molar-refractivity contribution in [1.82, 2.24) is 15.3 Å². The van der Waals surface area contributed by atoms with E-state index in [2.05, 4.69) is 15.6 Å². The van der Waals surface area contributed by atoms with Crippen LogP contribution >= 0.6 is 11.6 Å². The van der Waals surface area contributed by atoms with Crippen LogP contribution in [-0.4, -0.2) is 48.6 Å². The fourth-order valence-electron chi connectivity index (χ4n) is 4.11. The molecule has 2 aromatic heterocycles. The van der Waals surface area contributed by atoms with Crippen LogP contribution in [0.3, 0.4) is 0 Å². The fraction of sp³-hybridized carbons (Fsp3) is 0.522. The van der Waals surface area contributed by atoms with E-state index in [1.165, 1.54) is 0 Å². The Balaban J connectivity index is 1.45. The molecule has 30 heavy (non-hydrogen) atoms. The molecule has 2 aliphatic heterocycles. The molecule has 2 aromatic rings. The quantitative estimate of drug-likeness (QED) is 0.699. The molecule has 6 nitrogen and oxygen atoms in total. The zero-order valence-electron chi connectivity index (χ0n) is 17.2. The van der Waals surface area contributed by atoms with Crippen molar-refractivity contribution >= 4 is 23.2 Å². The van der Waals surface area contributed by atoms with Gasteiger partial charge in [-0.05, 0) is 56.3 Å². The van der Waals surface area contributed by atoms with Crippen molar-refractivity contribution in [3.05, 3.63) is 41.2 Å². The Morgan fingerprint density at radius 2 is 2.13 bits per heavy atom. The first kappa shape index (κ1) is 21.2. The van der Waals surface area contributed by atoms with Gasteiger partial charge in [-0.15, -0.1) is 0 Å². The van der Waals surface area contributed by atoms with E-state index in [1.807, 2.05) is 24.3 Å². The molecular formula is C23H29ClN4O2. The lowest BCUT2D eigenvalue weighted by Gasteiger charge is -2.22. The predicted molar refractivity (Wildman–Crippen MR) is 119 cm³/mol. The topological polar surface area (TPSA) is 76.1 Å². The van der Waals surface area contributed by atoms with Gasteiger partial charge in [-0.25, -0.2) is 4.98 Å². The average Bonchev–Trinajstić information content (AvgIpc) is 2.80. The fourth-order valence-corrected chi connectivity index (χ4v) is 4.31. The van der Waals surface area contributed by atoms with Gasteiger partial charge in [0.05, 0.1) is 10.7 Å². The lowest BCUT2D eigenvalue weighted by atomic mass is 9.92. The maximum Gasteiger partial charge on any atom is 0.143 e. The summed E-state index contributed by atoms with van der Waals surface area (Å²) in [7, 11) is 0. The summed E-state index contributed by atoms with van der Waals surface area (Å²) in [4.78, 5) is 21.8. The molecule has 0 radical (unpaired) electrons. The molecule has 0 aliphatic carbocycles. The third kappa shape index (κ3) is 5.56. The Morgan fingerprint density at radius 1 is 1.27 bits per heavy atom. The zero-order valence-corrected chi connectivity index (χ0v) is 18.0. The van der Waals surface area contributed by atoms with Gasteiger partial charge in [0.1, 0.15) is 11.6 Å². The van der Waals surface area contributed by atoms with Crippen LogP contribution in [0.1, 0.15) is 31.4 Å². The monoisotopic (exact) mass is 428 g/mol. The van der Waals surface area contributed by atoms with Gasteiger partial charge >= 0.3 is 0 Å². The largest absolute Gasteiger partial charge is 0.381 e. The second kappa shape index (κ2) is 10.3. The number of carbonyl (C=O) groups excluding carboxylic acids is 1. The Labute approximate surface area is 182 Å². The van der Waals surface area contributed by atoms with Crippen LogP contribution in [0.2, 0.25) is 5.02 Å². The average molecular weight is 429 g/mol. The van der Waals surface area contributed by atoms with Gasteiger partial charge in [-0.3, -0.25) is 9.78 Å². The number of hydrogen-bond acceptors (Lipinski definition) is 6. The molecule has 2 fully saturated rings. The molecule has 0 bridgehead atoms. The molecule has 0 spiro atoms. The summed E-state index contributed by atoms with van der Waals surface area (Å²) in [6.45, 7) is 4.33. The summed E-state index contributed by atoms with van der Waals surface area (Å²) >= 11 is 6.44. The lowest BCUT2D eigenvalue weighted by Crippen LogP contribution is -2.35. The number of anilines is 1. The molecule has 0 amide bonds. The van der Waals surface area contributed by atoms with E-state index in [4.69, 9.17) is 21.3 Å². The van der Waals surface area contributed by atoms with E-state index in [1.54, 1.807) is 6.20 Å². The molecule has 4 heterocycles. The Kier molecular flexibility index (Phi) is 7.31. The minimum atomic E-state index is 0.0792. The summed E-state index contributed by atoms with van der Waals surface area (Å²) < 4.78 is 5.43. The van der Waals surface area contributed by atoms with Crippen LogP contribution in [0.4, 0.5) is 5.82 Å². The predicted octanol–water partition coefficient (Wildman–Crippen LogP) is 3.75. The van der Waals surface area contributed by atoms with Crippen molar-refractivity contribution < 1.29 is 9.53 Å². The SMILES string of the molecule is O=C(Cc1cc(-c2cccc(NCC3CCOCC3)n2)c(Cl)cn1)[C@@H]1CCCNC1. The summed E-state index contributed by atoms with van der Waals surface area (Å²) in [5.41, 5.74) is 2.34. The number of ketones is 1. The normalized spacial score (nSPS) is 20.1. The van der Waals surface area contributed by atoms with Crippen molar-refractivity contribution in [3.63, 3.8) is 0 Å². The first-order chi connectivity index (χ1) is 14.7. The number of ether oxygens (including phenoxy) is 1. The van der Waals surface area contributed by atoms with Crippen LogP contribution in [0, 0.1) is 11.8 Å². The third-order valence-corrected chi connectivity index (χ3v) is 6.26. The Morgan fingerprint density at radius 3 is 2.93 bits per heavy atom. The number of rotatable bonds is 7. The molecule has 1 atom stereocenters. The van der Waals surface area contributed by atoms with Gasteiger partial charge in [-0.1, -0.05) is 17.7 Å². The standard InChI is InChI=1S/C23H29ClN4O2/c24-20-15-26-18(12-22(29)17-3-2-8-25-14-17)11-19(20)21-4-1-5-23(28-21)27-13-16-6-9-30-10-7-16/h1,4-5,11,15-17,25H,2-3,6-10,12-14H2,(H,27,28)/t17-/m1/s1. The van der Waals surface area contributed by atoms with E-state index in [0.29, 0.717) is 17.4 Å². The minimum Gasteiger partial charge on any atom is -0.381 e. The highest BCUT2D eigenvalue weighted by Gasteiger charge is 2.22. The van der Waals surface area contributed by atoms with E-state index in [0.717, 1.165) is 81.3 Å². The van der Waals surface area contributed by atoms with Gasteiger partial charge in [0, 0.05) is 56.1 Å². The van der Waals surface area contributed by atoms with Gasteiger partial charge in [0.2, 0.25) is 0 Å². The minimum absolute atomic E-state index is 0.0792. The van der Waals surface area contributed by atoms with Crippen LogP contribution in [0.5, 0.6) is 0 Å². The maximum atomic E-state index is 12.6. The van der Waals surface area contributed by atoms with E-state index in [9.17, 15) is 4.79 Å². The second-order valence-corrected chi connectivity index (χ2v) is 8.59. The smallest absolute Gasteiger partial charge is 0.143 e. The molecule has 2 aliphatic rings. The molecule has 4 rings (SSSR count). The molecule has 2 N–H and O–H groups in total. The number of aromatic nitrogens is 2. The number of nitrogens with zero attached hydrogens (tertiary/aromatic N) is 2. The first-order valence-electron chi connectivity index (χ1n) is 10.9. The highest BCUT2D eigenvalue weighted by molar-refractivity contribution is 6.33. The van der Waals surface area contributed by atoms with Crippen LogP contribution < -0.4 is 10.6 Å². The summed E-state index contributed by atoms with van der Waals surface area (Å²) in [5.74, 6) is 1.76. The van der Waals surface area contributed by atoms with Crippen LogP contribution in [0.15, 0.2) is 30.5 Å². The maximum absolute atomic E-state index is 12.6.